The van der Waals surface area contributed by atoms with Crippen LogP contribution in [0.3, 0.4) is 0 Å². The molecule has 0 fully saturated rings. The number of aromatic nitrogens is 2. The second kappa shape index (κ2) is 9.41. The Kier molecular flexibility index (Phi) is 6.47. The lowest BCUT2D eigenvalue weighted by molar-refractivity contribution is 0.0949. The van der Waals surface area contributed by atoms with Gasteiger partial charge < -0.3 is 9.72 Å². The minimum absolute atomic E-state index is 0.0125. The number of rotatable bonds is 7. The van der Waals surface area contributed by atoms with Crippen LogP contribution in [-0.4, -0.2) is 28.7 Å². The lowest BCUT2D eigenvalue weighted by Gasteiger charge is -2.05. The summed E-state index contributed by atoms with van der Waals surface area (Å²) in [6.45, 7) is 2.63. The molecule has 2 aromatic carbocycles. The Hall–Kier alpha value is -3.81. The van der Waals surface area contributed by atoms with Gasteiger partial charge in [0.15, 0.2) is 0 Å². The van der Waals surface area contributed by atoms with Crippen molar-refractivity contribution in [2.45, 2.75) is 13.3 Å². The average Bonchev–Trinajstić information content (AvgIpc) is 2.72. The predicted octanol–water partition coefficient (Wildman–Crippen LogP) is 3.13. The van der Waals surface area contributed by atoms with E-state index in [0.717, 1.165) is 12.0 Å². The number of nitrogens with zero attached hydrogens (tertiary/aromatic N) is 2. The van der Waals surface area contributed by atoms with Crippen molar-refractivity contribution in [1.29, 1.82) is 0 Å². The zero-order chi connectivity index (χ0) is 20.6. The number of H-pyrrole nitrogens is 1. The SMILES string of the molecule is CCCOc1cccc(/C=N/NC(=O)c2cc(-c3ccc(F)cc3)nc(=O)[nH]2)c1. The standard InChI is InChI=1S/C21H19FN4O3/c1-2-10-29-17-5-3-4-14(11-17)13-23-26-20(27)19-12-18(24-21(28)25-19)15-6-8-16(22)9-7-15/h3-9,11-13H,2,10H2,1H3,(H,26,27)(H,24,25,28)/b23-13+. The largest absolute Gasteiger partial charge is 0.494 e. The maximum Gasteiger partial charge on any atom is 0.346 e. The Bertz CT molecular complexity index is 1080. The molecule has 29 heavy (non-hydrogen) atoms. The number of amides is 1. The number of carbonyl (C=O) groups excluding carboxylic acids is 1. The van der Waals surface area contributed by atoms with Gasteiger partial charge in [0.1, 0.15) is 17.3 Å². The molecule has 0 aliphatic heterocycles. The molecule has 0 saturated carbocycles. The zero-order valence-corrected chi connectivity index (χ0v) is 15.7. The normalized spacial score (nSPS) is 10.8. The Morgan fingerprint density at radius 1 is 1.24 bits per heavy atom. The van der Waals surface area contributed by atoms with Gasteiger partial charge in [-0.05, 0) is 54.4 Å². The molecule has 0 bridgehead atoms. The van der Waals surface area contributed by atoms with Crippen LogP contribution in [0.25, 0.3) is 11.3 Å². The van der Waals surface area contributed by atoms with Crippen molar-refractivity contribution in [3.8, 4) is 17.0 Å². The molecular formula is C21H19FN4O3. The lowest BCUT2D eigenvalue weighted by Crippen LogP contribution is -2.24. The van der Waals surface area contributed by atoms with Gasteiger partial charge in [-0.25, -0.2) is 14.6 Å². The molecule has 3 rings (SSSR count). The molecule has 3 aromatic rings. The summed E-state index contributed by atoms with van der Waals surface area (Å²) in [5.74, 6) is -0.304. The van der Waals surface area contributed by atoms with Crippen molar-refractivity contribution in [1.82, 2.24) is 15.4 Å². The highest BCUT2D eigenvalue weighted by Gasteiger charge is 2.10. The maximum absolute atomic E-state index is 13.1. The summed E-state index contributed by atoms with van der Waals surface area (Å²) in [5, 5.41) is 3.91. The minimum atomic E-state index is -0.693. The van der Waals surface area contributed by atoms with E-state index >= 15 is 0 Å². The predicted molar refractivity (Wildman–Crippen MR) is 108 cm³/mol. The Morgan fingerprint density at radius 3 is 2.79 bits per heavy atom. The van der Waals surface area contributed by atoms with Crippen LogP contribution in [0.1, 0.15) is 29.4 Å². The molecule has 8 heteroatoms. The van der Waals surface area contributed by atoms with Crippen molar-refractivity contribution in [3.63, 3.8) is 0 Å². The monoisotopic (exact) mass is 394 g/mol. The molecule has 1 heterocycles. The number of nitrogens with one attached hydrogen (secondary N) is 2. The quantitative estimate of drug-likeness (QED) is 0.475. The Morgan fingerprint density at radius 2 is 2.03 bits per heavy atom. The summed E-state index contributed by atoms with van der Waals surface area (Å²) in [6, 6.07) is 14.1. The number of hydrogen-bond acceptors (Lipinski definition) is 5. The minimum Gasteiger partial charge on any atom is -0.494 e. The highest BCUT2D eigenvalue weighted by Crippen LogP contribution is 2.16. The Balaban J connectivity index is 1.72. The molecule has 0 radical (unpaired) electrons. The van der Waals surface area contributed by atoms with Crippen LogP contribution in [0.5, 0.6) is 5.75 Å². The van der Waals surface area contributed by atoms with E-state index in [2.05, 4.69) is 20.5 Å². The van der Waals surface area contributed by atoms with Crippen LogP contribution < -0.4 is 15.9 Å². The summed E-state index contributed by atoms with van der Waals surface area (Å²) in [4.78, 5) is 30.3. The van der Waals surface area contributed by atoms with Gasteiger partial charge in [0, 0.05) is 5.56 Å². The molecule has 0 saturated heterocycles. The fourth-order valence-electron chi connectivity index (χ4n) is 2.48. The van der Waals surface area contributed by atoms with E-state index in [1.54, 1.807) is 6.07 Å². The van der Waals surface area contributed by atoms with E-state index in [-0.39, 0.29) is 11.4 Å². The first-order valence-corrected chi connectivity index (χ1v) is 8.98. The van der Waals surface area contributed by atoms with Crippen molar-refractivity contribution in [3.05, 3.63) is 82.2 Å². The highest BCUT2D eigenvalue weighted by atomic mass is 19.1. The Labute approximate surface area is 166 Å². The zero-order valence-electron chi connectivity index (χ0n) is 15.7. The van der Waals surface area contributed by atoms with Crippen molar-refractivity contribution >= 4 is 12.1 Å². The molecule has 0 atom stereocenters. The van der Waals surface area contributed by atoms with Crippen LogP contribution >= 0.6 is 0 Å². The van der Waals surface area contributed by atoms with Gasteiger partial charge in [-0.15, -0.1) is 0 Å². The van der Waals surface area contributed by atoms with E-state index in [1.165, 1.54) is 36.5 Å². The van der Waals surface area contributed by atoms with E-state index in [1.807, 2.05) is 25.1 Å². The third-order valence-corrected chi connectivity index (χ3v) is 3.84. The molecule has 2 N–H and O–H groups in total. The summed E-state index contributed by atoms with van der Waals surface area (Å²) in [6.07, 6.45) is 2.37. The number of ether oxygens (including phenoxy) is 1. The summed E-state index contributed by atoms with van der Waals surface area (Å²) in [7, 11) is 0. The molecule has 7 nitrogen and oxygen atoms in total. The number of hydrogen-bond donors (Lipinski definition) is 2. The smallest absolute Gasteiger partial charge is 0.346 e. The number of hydrazone groups is 1. The number of carbonyl (C=O) groups is 1. The molecule has 1 aromatic heterocycles. The highest BCUT2D eigenvalue weighted by molar-refractivity contribution is 5.93. The van der Waals surface area contributed by atoms with Crippen molar-refractivity contribution < 1.29 is 13.9 Å². The number of benzene rings is 2. The molecule has 0 aliphatic carbocycles. The van der Waals surface area contributed by atoms with Gasteiger partial charge in [0.2, 0.25) is 0 Å². The summed E-state index contributed by atoms with van der Waals surface area (Å²) >= 11 is 0. The average molecular weight is 394 g/mol. The van der Waals surface area contributed by atoms with Crippen LogP contribution in [0.2, 0.25) is 0 Å². The van der Waals surface area contributed by atoms with Gasteiger partial charge in [-0.1, -0.05) is 19.1 Å². The molecule has 1 amide bonds. The van der Waals surface area contributed by atoms with Crippen LogP contribution in [0.15, 0.2) is 64.5 Å². The van der Waals surface area contributed by atoms with Crippen LogP contribution in [0, 0.1) is 5.82 Å². The fraction of sp³-hybridized carbons (Fsp3) is 0.143. The third kappa shape index (κ3) is 5.58. The summed E-state index contributed by atoms with van der Waals surface area (Å²) < 4.78 is 18.6. The van der Waals surface area contributed by atoms with E-state index < -0.39 is 17.4 Å². The fourth-order valence-corrected chi connectivity index (χ4v) is 2.48. The first kappa shape index (κ1) is 19.9. The second-order valence-corrected chi connectivity index (χ2v) is 6.11. The molecule has 0 aliphatic rings. The first-order valence-electron chi connectivity index (χ1n) is 8.98. The number of aromatic amines is 1. The van der Waals surface area contributed by atoms with Gasteiger partial charge in [0.25, 0.3) is 5.91 Å². The van der Waals surface area contributed by atoms with E-state index in [9.17, 15) is 14.0 Å². The third-order valence-electron chi connectivity index (χ3n) is 3.84. The molecular weight excluding hydrogens is 375 g/mol. The first-order chi connectivity index (χ1) is 14.0. The molecule has 148 valence electrons. The van der Waals surface area contributed by atoms with Crippen molar-refractivity contribution in [2.24, 2.45) is 5.10 Å². The second-order valence-electron chi connectivity index (χ2n) is 6.11. The maximum atomic E-state index is 13.1. The van der Waals surface area contributed by atoms with Gasteiger partial charge in [0.05, 0.1) is 18.5 Å². The molecule has 0 spiro atoms. The lowest BCUT2D eigenvalue weighted by atomic mass is 10.1. The van der Waals surface area contributed by atoms with Crippen LogP contribution in [-0.2, 0) is 0 Å². The molecule has 0 unspecified atom stereocenters. The van der Waals surface area contributed by atoms with E-state index in [0.29, 0.717) is 17.9 Å². The summed E-state index contributed by atoms with van der Waals surface area (Å²) in [5.41, 5.74) is 3.16. The topological polar surface area (TPSA) is 96.4 Å². The van der Waals surface area contributed by atoms with Gasteiger partial charge in [-0.3, -0.25) is 4.79 Å². The van der Waals surface area contributed by atoms with Gasteiger partial charge >= 0.3 is 5.69 Å². The van der Waals surface area contributed by atoms with E-state index in [4.69, 9.17) is 4.74 Å². The number of halogens is 1. The van der Waals surface area contributed by atoms with Gasteiger partial charge in [-0.2, -0.15) is 10.1 Å². The van der Waals surface area contributed by atoms with Crippen LogP contribution in [0.4, 0.5) is 4.39 Å². The van der Waals surface area contributed by atoms with Crippen molar-refractivity contribution in [2.75, 3.05) is 6.61 Å².